The number of unbranched alkanes of at least 4 members (excludes halogenated alkanes) is 2. The topological polar surface area (TPSA) is 89.5 Å². The van der Waals surface area contributed by atoms with Crippen LogP contribution in [0.25, 0.3) is 0 Å². The van der Waals surface area contributed by atoms with Crippen LogP contribution in [-0.2, 0) is 0 Å². The van der Waals surface area contributed by atoms with Gasteiger partial charge in [-0.3, -0.25) is 20.2 Å². The fourth-order valence-electron chi connectivity index (χ4n) is 2.21. The molecule has 0 atom stereocenters. The third-order valence-corrected chi connectivity index (χ3v) is 3.53. The largest absolute Gasteiger partial charge is 0.360 e. The zero-order valence-corrected chi connectivity index (χ0v) is 13.5. The lowest BCUT2D eigenvalue weighted by Gasteiger charge is -2.24. The molecule has 0 saturated heterocycles. The summed E-state index contributed by atoms with van der Waals surface area (Å²) in [5.74, 6) is 0. The van der Waals surface area contributed by atoms with E-state index in [1.165, 1.54) is 12.1 Å². The number of rotatable bonds is 9. The van der Waals surface area contributed by atoms with Crippen LogP contribution in [-0.4, -0.2) is 22.9 Å². The van der Waals surface area contributed by atoms with E-state index in [2.05, 4.69) is 0 Å². The van der Waals surface area contributed by atoms with Crippen LogP contribution in [0.2, 0.25) is 5.02 Å². The highest BCUT2D eigenvalue weighted by molar-refractivity contribution is 6.31. The Kier molecular flexibility index (Phi) is 7.04. The zero-order chi connectivity index (χ0) is 16.7. The molecule has 8 heteroatoms. The molecule has 0 N–H and O–H groups in total. The Morgan fingerprint density at radius 1 is 1.00 bits per heavy atom. The predicted octanol–water partition coefficient (Wildman–Crippen LogP) is 4.56. The van der Waals surface area contributed by atoms with E-state index < -0.39 is 9.85 Å². The highest BCUT2D eigenvalue weighted by atomic mass is 35.5. The molecule has 0 heterocycles. The summed E-state index contributed by atoms with van der Waals surface area (Å²) in [6.45, 7) is 5.09. The van der Waals surface area contributed by atoms with Crippen LogP contribution in [0.3, 0.4) is 0 Å². The number of anilines is 1. The van der Waals surface area contributed by atoms with Crippen LogP contribution in [0.1, 0.15) is 39.5 Å². The first-order valence-electron chi connectivity index (χ1n) is 7.29. The monoisotopic (exact) mass is 329 g/mol. The average Bonchev–Trinajstić information content (AvgIpc) is 2.47. The first-order valence-corrected chi connectivity index (χ1v) is 7.67. The predicted molar refractivity (Wildman–Crippen MR) is 86.8 cm³/mol. The number of benzene rings is 1. The van der Waals surface area contributed by atoms with Crippen LogP contribution >= 0.6 is 11.6 Å². The van der Waals surface area contributed by atoms with E-state index in [1.807, 2.05) is 13.8 Å². The number of halogens is 1. The molecule has 0 amide bonds. The first-order chi connectivity index (χ1) is 10.4. The normalized spacial score (nSPS) is 10.5. The van der Waals surface area contributed by atoms with Crippen molar-refractivity contribution in [1.82, 2.24) is 0 Å². The number of hydrogen-bond donors (Lipinski definition) is 0. The van der Waals surface area contributed by atoms with Crippen molar-refractivity contribution in [2.45, 2.75) is 39.5 Å². The van der Waals surface area contributed by atoms with Gasteiger partial charge < -0.3 is 4.90 Å². The van der Waals surface area contributed by atoms with E-state index in [0.717, 1.165) is 25.7 Å². The molecule has 0 unspecified atom stereocenters. The van der Waals surface area contributed by atoms with Crippen LogP contribution in [0.4, 0.5) is 17.1 Å². The molecule has 0 aliphatic carbocycles. The molecule has 1 rings (SSSR count). The summed E-state index contributed by atoms with van der Waals surface area (Å²) in [6, 6.07) is 2.35. The summed E-state index contributed by atoms with van der Waals surface area (Å²) in [4.78, 5) is 23.1. The van der Waals surface area contributed by atoms with Gasteiger partial charge in [0.15, 0.2) is 5.69 Å². The minimum Gasteiger partial charge on any atom is -0.360 e. The number of nitrogens with zero attached hydrogens (tertiary/aromatic N) is 3. The van der Waals surface area contributed by atoms with Gasteiger partial charge in [0, 0.05) is 25.2 Å². The van der Waals surface area contributed by atoms with E-state index in [1.54, 1.807) is 4.90 Å². The van der Waals surface area contributed by atoms with Crippen LogP contribution in [0.15, 0.2) is 12.1 Å². The summed E-state index contributed by atoms with van der Waals surface area (Å²) < 4.78 is 0. The first kappa shape index (κ1) is 18.2. The molecule has 0 aliphatic rings. The van der Waals surface area contributed by atoms with E-state index in [-0.39, 0.29) is 22.1 Å². The molecular formula is C14H20ClN3O4. The average molecular weight is 330 g/mol. The summed E-state index contributed by atoms with van der Waals surface area (Å²) in [6.07, 6.45) is 3.41. The quantitative estimate of drug-likeness (QED) is 0.489. The van der Waals surface area contributed by atoms with Crippen molar-refractivity contribution >= 4 is 28.7 Å². The number of nitro benzene ring substituents is 2. The molecule has 0 fully saturated rings. The number of nitro groups is 2. The Labute approximate surface area is 134 Å². The maximum atomic E-state index is 11.3. The molecule has 22 heavy (non-hydrogen) atoms. The van der Waals surface area contributed by atoms with E-state index in [0.29, 0.717) is 13.1 Å². The van der Waals surface area contributed by atoms with Crippen LogP contribution in [0, 0.1) is 20.2 Å². The second kappa shape index (κ2) is 8.53. The third-order valence-electron chi connectivity index (χ3n) is 3.31. The van der Waals surface area contributed by atoms with Gasteiger partial charge >= 0.3 is 11.4 Å². The van der Waals surface area contributed by atoms with Gasteiger partial charge in [0.1, 0.15) is 0 Å². The van der Waals surface area contributed by atoms with Crippen molar-refractivity contribution in [2.24, 2.45) is 0 Å². The Bertz CT molecular complexity index is 508. The Morgan fingerprint density at radius 2 is 1.41 bits per heavy atom. The molecule has 1 aromatic carbocycles. The molecule has 0 aromatic heterocycles. The van der Waals surface area contributed by atoms with Gasteiger partial charge in [0.25, 0.3) is 0 Å². The Hall–Kier alpha value is -1.89. The maximum Gasteiger partial charge on any atom is 0.301 e. The Morgan fingerprint density at radius 3 is 1.73 bits per heavy atom. The molecule has 0 aliphatic heterocycles. The third kappa shape index (κ3) is 4.56. The molecule has 0 saturated carbocycles. The summed E-state index contributed by atoms with van der Waals surface area (Å²) in [7, 11) is 0. The molecule has 0 spiro atoms. The molecule has 7 nitrogen and oxygen atoms in total. The van der Waals surface area contributed by atoms with Crippen molar-refractivity contribution in [3.63, 3.8) is 0 Å². The van der Waals surface area contributed by atoms with Crippen molar-refractivity contribution in [3.05, 3.63) is 37.4 Å². The zero-order valence-electron chi connectivity index (χ0n) is 12.7. The van der Waals surface area contributed by atoms with Gasteiger partial charge in [0.2, 0.25) is 0 Å². The van der Waals surface area contributed by atoms with E-state index >= 15 is 0 Å². The smallest absolute Gasteiger partial charge is 0.301 e. The van der Waals surface area contributed by atoms with Gasteiger partial charge in [-0.25, -0.2) is 0 Å². The lowest BCUT2D eigenvalue weighted by molar-refractivity contribution is -0.392. The van der Waals surface area contributed by atoms with Crippen molar-refractivity contribution in [2.75, 3.05) is 18.0 Å². The molecule has 1 aromatic rings. The van der Waals surface area contributed by atoms with Crippen LogP contribution < -0.4 is 4.90 Å². The van der Waals surface area contributed by atoms with Crippen molar-refractivity contribution < 1.29 is 9.85 Å². The summed E-state index contributed by atoms with van der Waals surface area (Å²) in [5.41, 5.74) is -0.570. The second-order valence-corrected chi connectivity index (χ2v) is 5.44. The summed E-state index contributed by atoms with van der Waals surface area (Å²) >= 11 is 5.80. The van der Waals surface area contributed by atoms with E-state index in [9.17, 15) is 20.2 Å². The van der Waals surface area contributed by atoms with Crippen LogP contribution in [0.5, 0.6) is 0 Å². The fourth-order valence-corrected chi connectivity index (χ4v) is 2.41. The molecule has 0 radical (unpaired) electrons. The maximum absolute atomic E-state index is 11.3. The lowest BCUT2D eigenvalue weighted by atomic mass is 10.1. The second-order valence-electron chi connectivity index (χ2n) is 5.00. The van der Waals surface area contributed by atoms with Gasteiger partial charge in [0.05, 0.1) is 14.9 Å². The minimum atomic E-state index is -0.612. The highest BCUT2D eigenvalue weighted by Crippen LogP contribution is 2.40. The molecule has 122 valence electrons. The van der Waals surface area contributed by atoms with E-state index in [4.69, 9.17) is 11.6 Å². The number of hydrogen-bond acceptors (Lipinski definition) is 5. The Balaban J connectivity index is 3.41. The van der Waals surface area contributed by atoms with Crippen molar-refractivity contribution in [3.8, 4) is 0 Å². The molecule has 0 bridgehead atoms. The fraction of sp³-hybridized carbons (Fsp3) is 0.571. The van der Waals surface area contributed by atoms with Gasteiger partial charge in [-0.15, -0.1) is 0 Å². The minimum absolute atomic E-state index is 0.00640. The van der Waals surface area contributed by atoms with Gasteiger partial charge in [-0.1, -0.05) is 38.3 Å². The van der Waals surface area contributed by atoms with Crippen molar-refractivity contribution in [1.29, 1.82) is 0 Å². The van der Waals surface area contributed by atoms with Gasteiger partial charge in [-0.2, -0.15) is 0 Å². The SMILES string of the molecule is CCCCN(CCCC)c1c([N+](=O)[O-])cc(Cl)cc1[N+](=O)[O-]. The highest BCUT2D eigenvalue weighted by Gasteiger charge is 2.30. The lowest BCUT2D eigenvalue weighted by Crippen LogP contribution is -2.27. The molecular weight excluding hydrogens is 310 g/mol. The summed E-state index contributed by atoms with van der Waals surface area (Å²) in [5, 5.41) is 22.6. The van der Waals surface area contributed by atoms with Gasteiger partial charge in [-0.05, 0) is 12.8 Å². The standard InChI is InChI=1S/C14H20ClN3O4/c1-3-5-7-16(8-6-4-2)14-12(17(19)20)9-11(15)10-13(14)18(21)22/h9-10H,3-8H2,1-2H3.